The molecule has 2 N–H and O–H groups in total. The highest BCUT2D eigenvalue weighted by atomic mass is 32.2. The molecule has 1 unspecified atom stereocenters. The Kier molecular flexibility index (Phi) is 5.42. The number of aliphatic hydroxyl groups excluding tert-OH is 1. The molecule has 0 fully saturated rings. The summed E-state index contributed by atoms with van der Waals surface area (Å²) in [5, 5.41) is 16.3. The molecule has 4 rings (SSSR count). The van der Waals surface area contributed by atoms with Crippen LogP contribution in [0.15, 0.2) is 53.6 Å². The first-order chi connectivity index (χ1) is 14.7. The fourth-order valence-corrected chi connectivity index (χ4v) is 3.88. The van der Waals surface area contributed by atoms with E-state index in [0.29, 0.717) is 35.1 Å². The summed E-state index contributed by atoms with van der Waals surface area (Å²) in [5.41, 5.74) is 1.02. The molecule has 31 heavy (non-hydrogen) atoms. The van der Waals surface area contributed by atoms with Crippen LogP contribution in [0.1, 0.15) is 15.9 Å². The number of aryl methyl sites for hydroxylation is 1. The highest BCUT2D eigenvalue weighted by molar-refractivity contribution is 7.90. The monoisotopic (exact) mass is 443 g/mol. The number of benzene rings is 2. The molecule has 9 nitrogen and oxygen atoms in total. The lowest BCUT2D eigenvalue weighted by atomic mass is 10.1. The van der Waals surface area contributed by atoms with E-state index in [1.807, 2.05) is 0 Å². The van der Waals surface area contributed by atoms with Gasteiger partial charge in [-0.05, 0) is 36.4 Å². The van der Waals surface area contributed by atoms with Gasteiger partial charge < -0.3 is 19.9 Å². The summed E-state index contributed by atoms with van der Waals surface area (Å²) >= 11 is 0. The van der Waals surface area contributed by atoms with Gasteiger partial charge >= 0.3 is 0 Å². The van der Waals surface area contributed by atoms with E-state index in [9.17, 15) is 18.3 Å². The van der Waals surface area contributed by atoms with Crippen LogP contribution >= 0.6 is 0 Å². The molecular formula is C21H21N3O6S. The van der Waals surface area contributed by atoms with Gasteiger partial charge in [-0.1, -0.05) is 0 Å². The lowest BCUT2D eigenvalue weighted by Gasteiger charge is -2.12. The molecular weight excluding hydrogens is 422 g/mol. The number of nitrogens with one attached hydrogen (secondary N) is 1. The van der Waals surface area contributed by atoms with Crippen molar-refractivity contribution in [3.05, 3.63) is 59.8 Å². The molecule has 1 atom stereocenters. The molecule has 1 aromatic heterocycles. The zero-order valence-electron chi connectivity index (χ0n) is 16.9. The Balaban J connectivity index is 1.65. The van der Waals surface area contributed by atoms with E-state index in [4.69, 9.17) is 9.47 Å². The first kappa shape index (κ1) is 20.9. The molecule has 2 heterocycles. The maximum absolute atomic E-state index is 12.7. The van der Waals surface area contributed by atoms with Crippen LogP contribution in [0.25, 0.3) is 0 Å². The highest BCUT2D eigenvalue weighted by Crippen LogP contribution is 2.39. The van der Waals surface area contributed by atoms with Gasteiger partial charge in [0.2, 0.25) is 0 Å². The van der Waals surface area contributed by atoms with Crippen LogP contribution in [-0.4, -0.2) is 48.2 Å². The van der Waals surface area contributed by atoms with E-state index in [-0.39, 0.29) is 11.5 Å². The second kappa shape index (κ2) is 8.05. The van der Waals surface area contributed by atoms with Gasteiger partial charge in [-0.25, -0.2) is 8.42 Å². The number of hydrogen-bond acceptors (Lipinski definition) is 7. The summed E-state index contributed by atoms with van der Waals surface area (Å²) < 4.78 is 36.6. The van der Waals surface area contributed by atoms with E-state index in [0.717, 1.165) is 11.8 Å². The average molecular weight is 443 g/mol. The maximum Gasteiger partial charge on any atom is 0.257 e. The van der Waals surface area contributed by atoms with Crippen LogP contribution in [0.5, 0.6) is 17.2 Å². The first-order valence-corrected chi connectivity index (χ1v) is 11.4. The SMILES string of the molecule is Cn1ccc(NC(=O)c2cc(Oc3ccc(S(C)(=O)=O)cc3)c3c(c2)OC(CO)C3)n1. The van der Waals surface area contributed by atoms with Crippen molar-refractivity contribution in [2.24, 2.45) is 7.05 Å². The van der Waals surface area contributed by atoms with Gasteiger partial charge in [-0.2, -0.15) is 5.10 Å². The van der Waals surface area contributed by atoms with Gasteiger partial charge in [0, 0.05) is 43.1 Å². The normalized spacial score (nSPS) is 15.3. The minimum absolute atomic E-state index is 0.174. The van der Waals surface area contributed by atoms with Crippen molar-refractivity contribution in [1.82, 2.24) is 9.78 Å². The molecule has 0 radical (unpaired) electrons. The summed E-state index contributed by atoms with van der Waals surface area (Å²) in [6.45, 7) is -0.174. The number of aliphatic hydroxyl groups is 1. The first-order valence-electron chi connectivity index (χ1n) is 9.46. The number of carbonyl (C=O) groups excluding carboxylic acids is 1. The van der Waals surface area contributed by atoms with Gasteiger partial charge in [-0.15, -0.1) is 0 Å². The molecule has 1 aliphatic heterocycles. The topological polar surface area (TPSA) is 120 Å². The zero-order valence-corrected chi connectivity index (χ0v) is 17.7. The van der Waals surface area contributed by atoms with E-state index in [1.165, 1.54) is 12.1 Å². The van der Waals surface area contributed by atoms with Crippen LogP contribution in [0.3, 0.4) is 0 Å². The number of aromatic nitrogens is 2. The largest absolute Gasteiger partial charge is 0.487 e. The Bertz CT molecular complexity index is 1230. The van der Waals surface area contributed by atoms with Gasteiger partial charge in [0.1, 0.15) is 23.4 Å². The van der Waals surface area contributed by atoms with Gasteiger partial charge in [-0.3, -0.25) is 9.48 Å². The third-order valence-corrected chi connectivity index (χ3v) is 5.92. The Hall–Kier alpha value is -3.37. The number of rotatable bonds is 6. The Morgan fingerprint density at radius 3 is 2.65 bits per heavy atom. The van der Waals surface area contributed by atoms with E-state index in [2.05, 4.69) is 10.4 Å². The predicted octanol–water partition coefficient (Wildman–Crippen LogP) is 2.16. The molecule has 0 aliphatic carbocycles. The van der Waals surface area contributed by atoms with Crippen molar-refractivity contribution in [1.29, 1.82) is 0 Å². The van der Waals surface area contributed by atoms with E-state index < -0.39 is 21.8 Å². The van der Waals surface area contributed by atoms with Crippen molar-refractivity contribution >= 4 is 21.6 Å². The molecule has 0 saturated carbocycles. The third kappa shape index (κ3) is 4.54. The van der Waals surface area contributed by atoms with Crippen LogP contribution < -0.4 is 14.8 Å². The van der Waals surface area contributed by atoms with E-state index in [1.54, 1.807) is 48.3 Å². The molecule has 162 valence electrons. The molecule has 3 aromatic rings. The van der Waals surface area contributed by atoms with Gasteiger partial charge in [0.15, 0.2) is 15.7 Å². The average Bonchev–Trinajstić information content (AvgIpc) is 3.33. The quantitative estimate of drug-likeness (QED) is 0.599. The third-order valence-electron chi connectivity index (χ3n) is 4.79. The van der Waals surface area contributed by atoms with Crippen LogP contribution in [0.4, 0.5) is 5.82 Å². The number of sulfone groups is 1. The van der Waals surface area contributed by atoms with Gasteiger partial charge in [0.05, 0.1) is 11.5 Å². The number of carbonyl (C=O) groups is 1. The number of ether oxygens (including phenoxy) is 2. The number of nitrogens with zero attached hydrogens (tertiary/aromatic N) is 2. The van der Waals surface area contributed by atoms with Crippen LogP contribution in [0.2, 0.25) is 0 Å². The smallest absolute Gasteiger partial charge is 0.257 e. The minimum atomic E-state index is -3.32. The molecule has 10 heteroatoms. The number of fused-ring (bicyclic) bond motifs is 1. The second-order valence-electron chi connectivity index (χ2n) is 7.25. The molecule has 0 saturated heterocycles. The lowest BCUT2D eigenvalue weighted by molar-refractivity contribution is 0.102. The molecule has 1 aliphatic rings. The maximum atomic E-state index is 12.7. The van der Waals surface area contributed by atoms with Crippen LogP contribution in [-0.2, 0) is 23.3 Å². The van der Waals surface area contributed by atoms with Crippen molar-refractivity contribution in [3.8, 4) is 17.2 Å². The lowest BCUT2D eigenvalue weighted by Crippen LogP contribution is -2.17. The predicted molar refractivity (Wildman–Crippen MR) is 112 cm³/mol. The standard InChI is InChI=1S/C21H21N3O6S/c1-24-8-7-20(23-24)22-21(26)13-9-18(17-11-15(12-25)30-19(17)10-13)29-14-3-5-16(6-4-14)31(2,27)28/h3-10,15,25H,11-12H2,1-2H3,(H,22,23,26). The summed E-state index contributed by atoms with van der Waals surface area (Å²) in [6.07, 6.45) is 2.83. The fourth-order valence-electron chi connectivity index (χ4n) is 3.25. The van der Waals surface area contributed by atoms with Crippen LogP contribution in [0, 0.1) is 0 Å². The van der Waals surface area contributed by atoms with Crippen molar-refractivity contribution < 1.29 is 27.8 Å². The fraction of sp³-hybridized carbons (Fsp3) is 0.238. The van der Waals surface area contributed by atoms with Crippen molar-refractivity contribution in [2.45, 2.75) is 17.4 Å². The Morgan fingerprint density at radius 2 is 2.03 bits per heavy atom. The summed E-state index contributed by atoms with van der Waals surface area (Å²) in [7, 11) is -1.58. The second-order valence-corrected chi connectivity index (χ2v) is 9.27. The number of anilines is 1. The number of amides is 1. The molecule has 1 amide bonds. The van der Waals surface area contributed by atoms with E-state index >= 15 is 0 Å². The minimum Gasteiger partial charge on any atom is -0.487 e. The number of hydrogen-bond donors (Lipinski definition) is 2. The molecule has 2 aromatic carbocycles. The highest BCUT2D eigenvalue weighted by Gasteiger charge is 2.28. The zero-order chi connectivity index (χ0) is 22.2. The Morgan fingerprint density at radius 1 is 1.29 bits per heavy atom. The van der Waals surface area contributed by atoms with Gasteiger partial charge in [0.25, 0.3) is 5.91 Å². The molecule has 0 bridgehead atoms. The molecule has 0 spiro atoms. The van der Waals surface area contributed by atoms with Crippen molar-refractivity contribution in [2.75, 3.05) is 18.2 Å². The summed E-state index contributed by atoms with van der Waals surface area (Å²) in [4.78, 5) is 12.9. The van der Waals surface area contributed by atoms with Crippen molar-refractivity contribution in [3.63, 3.8) is 0 Å². The Labute approximate surface area is 179 Å². The summed E-state index contributed by atoms with van der Waals surface area (Å²) in [6, 6.07) is 10.9. The summed E-state index contributed by atoms with van der Waals surface area (Å²) in [5.74, 6) is 1.27.